The first-order valence-corrected chi connectivity index (χ1v) is 6.68. The van der Waals surface area contributed by atoms with Crippen LogP contribution in [0.2, 0.25) is 0 Å². The summed E-state index contributed by atoms with van der Waals surface area (Å²) in [7, 11) is 2.03. The van der Waals surface area contributed by atoms with Crippen molar-refractivity contribution in [3.05, 3.63) is 29.8 Å². The quantitative estimate of drug-likeness (QED) is 0.770. The SMILES string of the molecule is CCCCN(C)C[C@@H](O)COc1ccccc1C. The molecule has 1 aromatic carbocycles. The molecule has 0 saturated carbocycles. The van der Waals surface area contributed by atoms with Gasteiger partial charge in [0.05, 0.1) is 0 Å². The van der Waals surface area contributed by atoms with Crippen LogP contribution in [0.25, 0.3) is 0 Å². The smallest absolute Gasteiger partial charge is 0.122 e. The van der Waals surface area contributed by atoms with E-state index in [-0.39, 0.29) is 0 Å². The molecule has 3 nitrogen and oxygen atoms in total. The molecule has 0 bridgehead atoms. The average Bonchev–Trinajstić information content (AvgIpc) is 2.35. The van der Waals surface area contributed by atoms with Gasteiger partial charge in [-0.05, 0) is 38.6 Å². The van der Waals surface area contributed by atoms with Gasteiger partial charge in [0.15, 0.2) is 0 Å². The normalized spacial score (nSPS) is 12.7. The van der Waals surface area contributed by atoms with Gasteiger partial charge >= 0.3 is 0 Å². The van der Waals surface area contributed by atoms with Crippen LogP contribution in [-0.4, -0.2) is 42.9 Å². The Morgan fingerprint density at radius 3 is 2.72 bits per heavy atom. The Kier molecular flexibility index (Phi) is 6.76. The number of aliphatic hydroxyl groups excluding tert-OH is 1. The van der Waals surface area contributed by atoms with Gasteiger partial charge in [-0.25, -0.2) is 0 Å². The Hall–Kier alpha value is -1.06. The van der Waals surface area contributed by atoms with Gasteiger partial charge < -0.3 is 14.7 Å². The molecular formula is C15H25NO2. The van der Waals surface area contributed by atoms with Crippen molar-refractivity contribution in [1.29, 1.82) is 0 Å². The zero-order valence-corrected chi connectivity index (χ0v) is 11.7. The third-order valence-corrected chi connectivity index (χ3v) is 2.94. The van der Waals surface area contributed by atoms with Crippen LogP contribution < -0.4 is 4.74 Å². The zero-order valence-electron chi connectivity index (χ0n) is 11.7. The van der Waals surface area contributed by atoms with Gasteiger partial charge in [0.25, 0.3) is 0 Å². The van der Waals surface area contributed by atoms with Gasteiger partial charge in [0.2, 0.25) is 0 Å². The summed E-state index contributed by atoms with van der Waals surface area (Å²) in [6.07, 6.45) is 1.91. The molecule has 0 fully saturated rings. The summed E-state index contributed by atoms with van der Waals surface area (Å²) in [4.78, 5) is 2.15. The monoisotopic (exact) mass is 251 g/mol. The molecule has 0 aromatic heterocycles. The fourth-order valence-corrected chi connectivity index (χ4v) is 1.84. The van der Waals surface area contributed by atoms with Gasteiger partial charge in [-0.1, -0.05) is 31.5 Å². The fourth-order valence-electron chi connectivity index (χ4n) is 1.84. The molecule has 0 amide bonds. The van der Waals surface area contributed by atoms with Crippen LogP contribution >= 0.6 is 0 Å². The Bertz CT molecular complexity index is 341. The molecule has 18 heavy (non-hydrogen) atoms. The number of aryl methyl sites for hydroxylation is 1. The van der Waals surface area contributed by atoms with Crippen LogP contribution in [0.15, 0.2) is 24.3 Å². The average molecular weight is 251 g/mol. The van der Waals surface area contributed by atoms with Crippen molar-refractivity contribution in [2.45, 2.75) is 32.8 Å². The summed E-state index contributed by atoms with van der Waals surface area (Å²) in [6.45, 7) is 6.21. The first kappa shape index (κ1) is 15.0. The number of para-hydroxylation sites is 1. The van der Waals surface area contributed by atoms with E-state index in [9.17, 15) is 5.11 Å². The number of rotatable bonds is 8. The Morgan fingerprint density at radius 1 is 1.33 bits per heavy atom. The second-order valence-corrected chi connectivity index (χ2v) is 4.85. The van der Waals surface area contributed by atoms with Crippen molar-refractivity contribution in [2.75, 3.05) is 26.7 Å². The maximum atomic E-state index is 9.90. The lowest BCUT2D eigenvalue weighted by atomic mass is 10.2. The summed E-state index contributed by atoms with van der Waals surface area (Å²) in [5.74, 6) is 0.854. The molecule has 0 aliphatic rings. The van der Waals surface area contributed by atoms with Crippen LogP contribution in [0.4, 0.5) is 0 Å². The van der Waals surface area contributed by atoms with Gasteiger partial charge in [-0.15, -0.1) is 0 Å². The van der Waals surface area contributed by atoms with Crippen molar-refractivity contribution in [3.8, 4) is 5.75 Å². The number of nitrogens with zero attached hydrogens (tertiary/aromatic N) is 1. The molecule has 0 heterocycles. The van der Waals surface area contributed by atoms with E-state index in [4.69, 9.17) is 4.74 Å². The van der Waals surface area contributed by atoms with Crippen molar-refractivity contribution < 1.29 is 9.84 Å². The van der Waals surface area contributed by atoms with Crippen LogP contribution in [0.3, 0.4) is 0 Å². The lowest BCUT2D eigenvalue weighted by Gasteiger charge is -2.20. The predicted octanol–water partition coefficient (Wildman–Crippen LogP) is 2.47. The molecule has 0 unspecified atom stereocenters. The molecule has 3 heteroatoms. The minimum atomic E-state index is -0.438. The number of likely N-dealkylation sites (N-methyl/N-ethyl adjacent to an activating group) is 1. The molecule has 1 rings (SSSR count). The highest BCUT2D eigenvalue weighted by Crippen LogP contribution is 2.16. The highest BCUT2D eigenvalue weighted by Gasteiger charge is 2.09. The van der Waals surface area contributed by atoms with E-state index in [2.05, 4.69) is 11.8 Å². The van der Waals surface area contributed by atoms with E-state index in [1.54, 1.807) is 0 Å². The second-order valence-electron chi connectivity index (χ2n) is 4.85. The van der Waals surface area contributed by atoms with E-state index in [0.29, 0.717) is 13.2 Å². The highest BCUT2D eigenvalue weighted by molar-refractivity contribution is 5.31. The van der Waals surface area contributed by atoms with Crippen molar-refractivity contribution in [2.24, 2.45) is 0 Å². The first-order chi connectivity index (χ1) is 8.63. The van der Waals surface area contributed by atoms with Gasteiger partial charge in [0.1, 0.15) is 18.5 Å². The van der Waals surface area contributed by atoms with E-state index in [1.807, 2.05) is 38.2 Å². The Morgan fingerprint density at radius 2 is 2.06 bits per heavy atom. The summed E-state index contributed by atoms with van der Waals surface area (Å²) < 4.78 is 5.63. The molecule has 0 spiro atoms. The fraction of sp³-hybridized carbons (Fsp3) is 0.600. The highest BCUT2D eigenvalue weighted by atomic mass is 16.5. The summed E-state index contributed by atoms with van der Waals surface area (Å²) in [5, 5.41) is 9.90. The van der Waals surface area contributed by atoms with Gasteiger partial charge in [0, 0.05) is 6.54 Å². The van der Waals surface area contributed by atoms with Crippen LogP contribution in [-0.2, 0) is 0 Å². The van der Waals surface area contributed by atoms with Crippen molar-refractivity contribution in [3.63, 3.8) is 0 Å². The third kappa shape index (κ3) is 5.52. The second kappa shape index (κ2) is 8.11. The first-order valence-electron chi connectivity index (χ1n) is 6.68. The molecule has 0 aliphatic heterocycles. The standard InChI is InChI=1S/C15H25NO2/c1-4-5-10-16(3)11-14(17)12-18-15-9-7-6-8-13(15)2/h6-9,14,17H,4-5,10-12H2,1-3H3/t14-/m1/s1. The van der Waals surface area contributed by atoms with E-state index in [0.717, 1.165) is 17.9 Å². The Balaban J connectivity index is 2.28. The number of benzene rings is 1. The number of unbranched alkanes of at least 4 members (excludes halogenated alkanes) is 1. The number of aliphatic hydroxyl groups is 1. The number of ether oxygens (including phenoxy) is 1. The number of hydrogen-bond acceptors (Lipinski definition) is 3. The zero-order chi connectivity index (χ0) is 13.4. The predicted molar refractivity (Wildman–Crippen MR) is 75.1 cm³/mol. The number of hydrogen-bond donors (Lipinski definition) is 1. The van der Waals surface area contributed by atoms with Crippen molar-refractivity contribution >= 4 is 0 Å². The largest absolute Gasteiger partial charge is 0.491 e. The van der Waals surface area contributed by atoms with Gasteiger partial charge in [-0.2, -0.15) is 0 Å². The lowest BCUT2D eigenvalue weighted by molar-refractivity contribution is 0.0757. The maximum absolute atomic E-state index is 9.90. The lowest BCUT2D eigenvalue weighted by Crippen LogP contribution is -2.33. The van der Waals surface area contributed by atoms with Gasteiger partial charge in [-0.3, -0.25) is 0 Å². The maximum Gasteiger partial charge on any atom is 0.122 e. The van der Waals surface area contributed by atoms with E-state index in [1.165, 1.54) is 12.8 Å². The van der Waals surface area contributed by atoms with Crippen LogP contribution in [0.5, 0.6) is 5.75 Å². The molecule has 1 aromatic rings. The minimum Gasteiger partial charge on any atom is -0.491 e. The molecule has 1 N–H and O–H groups in total. The summed E-state index contributed by atoms with van der Waals surface area (Å²) in [5.41, 5.74) is 1.10. The minimum absolute atomic E-state index is 0.349. The Labute approximate surface area is 110 Å². The molecule has 1 atom stereocenters. The van der Waals surface area contributed by atoms with E-state index < -0.39 is 6.10 Å². The third-order valence-electron chi connectivity index (χ3n) is 2.94. The topological polar surface area (TPSA) is 32.7 Å². The molecule has 0 radical (unpaired) electrons. The summed E-state index contributed by atoms with van der Waals surface area (Å²) in [6, 6.07) is 7.87. The van der Waals surface area contributed by atoms with Crippen LogP contribution in [0, 0.1) is 6.92 Å². The summed E-state index contributed by atoms with van der Waals surface area (Å²) >= 11 is 0. The molecule has 0 saturated heterocycles. The van der Waals surface area contributed by atoms with E-state index >= 15 is 0 Å². The van der Waals surface area contributed by atoms with Crippen LogP contribution in [0.1, 0.15) is 25.3 Å². The molecular weight excluding hydrogens is 226 g/mol. The molecule has 102 valence electrons. The molecule has 0 aliphatic carbocycles. The van der Waals surface area contributed by atoms with Crippen molar-refractivity contribution in [1.82, 2.24) is 4.90 Å².